The molecule has 0 aromatic heterocycles. The van der Waals surface area contributed by atoms with Crippen LogP contribution in [0.15, 0.2) is 48.5 Å². The van der Waals surface area contributed by atoms with E-state index in [9.17, 15) is 4.79 Å². The summed E-state index contributed by atoms with van der Waals surface area (Å²) < 4.78 is 0. The van der Waals surface area contributed by atoms with Crippen molar-refractivity contribution in [2.24, 2.45) is 11.8 Å². The summed E-state index contributed by atoms with van der Waals surface area (Å²) in [5, 5.41) is 2.47. The summed E-state index contributed by atoms with van der Waals surface area (Å²) in [5.41, 5.74) is 6.07. The third-order valence-electron chi connectivity index (χ3n) is 10.7. The number of carbonyl (C=O) groups excluding carboxylic acids is 1. The second kappa shape index (κ2) is 11.1. The van der Waals surface area contributed by atoms with Gasteiger partial charge in [-0.1, -0.05) is 67.8 Å². The van der Waals surface area contributed by atoms with Crippen LogP contribution in [0.5, 0.6) is 0 Å². The Balaban J connectivity index is 1.31. The fourth-order valence-electron chi connectivity index (χ4n) is 8.91. The number of likely N-dealkylation sites (tertiary alicyclic amines) is 1. The normalized spacial score (nSPS) is 30.1. The lowest BCUT2D eigenvalue weighted by Gasteiger charge is -2.47. The number of nitrogens with two attached hydrogens (primary N) is 1. The molecular weight excluding hydrogens is 466 g/mol. The molecule has 204 valence electrons. The largest absolute Gasteiger partial charge is 0.345 e. The van der Waals surface area contributed by atoms with Crippen LogP contribution >= 0.6 is 0 Å². The summed E-state index contributed by atoms with van der Waals surface area (Å²) in [6.07, 6.45) is 12.5. The maximum atomic E-state index is 14.7. The van der Waals surface area contributed by atoms with E-state index in [1.54, 1.807) is 5.56 Å². The quantitative estimate of drug-likeness (QED) is 0.629. The number of piperidine rings is 1. The van der Waals surface area contributed by atoms with Crippen molar-refractivity contribution in [1.29, 1.82) is 0 Å². The van der Waals surface area contributed by atoms with Gasteiger partial charge in [0.25, 0.3) is 0 Å². The molecule has 2 aromatic rings. The standard InChI is InChI=1S/C34H47N3O/c1-36(2)23-28-15-9-17-30-29(28)16-10-19-34(30)24-35-22-31(34)33(38)37-20-18-27(25-11-5-3-6-12-25)21-32(37)26-13-7-4-8-14-26/h3,5-6,9,11-12,15,17,26-27,31-32,35H,4,7-8,10,13-14,16,18-24H2,1-2H3/p+2/t27-,31+,32+,34+/m1/s1. The van der Waals surface area contributed by atoms with Gasteiger partial charge in [-0.25, -0.2) is 0 Å². The van der Waals surface area contributed by atoms with Crippen molar-refractivity contribution in [3.05, 3.63) is 70.8 Å². The molecule has 0 unspecified atom stereocenters. The summed E-state index contributed by atoms with van der Waals surface area (Å²) in [4.78, 5) is 18.7. The summed E-state index contributed by atoms with van der Waals surface area (Å²) in [6, 6.07) is 18.5. The molecule has 2 aromatic carbocycles. The highest BCUT2D eigenvalue weighted by molar-refractivity contribution is 5.82. The van der Waals surface area contributed by atoms with Crippen molar-refractivity contribution in [3.63, 3.8) is 0 Å². The van der Waals surface area contributed by atoms with E-state index >= 15 is 0 Å². The van der Waals surface area contributed by atoms with Gasteiger partial charge >= 0.3 is 0 Å². The van der Waals surface area contributed by atoms with Crippen LogP contribution in [0.25, 0.3) is 0 Å². The highest BCUT2D eigenvalue weighted by Gasteiger charge is 2.55. The number of hydrogen-bond donors (Lipinski definition) is 2. The van der Waals surface area contributed by atoms with Gasteiger partial charge in [-0.15, -0.1) is 0 Å². The lowest BCUT2D eigenvalue weighted by atomic mass is 9.63. The van der Waals surface area contributed by atoms with Crippen molar-refractivity contribution in [2.45, 2.75) is 88.1 Å². The number of fused-ring (bicyclic) bond motifs is 2. The summed E-state index contributed by atoms with van der Waals surface area (Å²) in [7, 11) is 4.50. The van der Waals surface area contributed by atoms with Gasteiger partial charge in [0.15, 0.2) is 0 Å². The number of quaternary nitrogens is 2. The molecular formula is C34H49N3O+2. The molecule has 6 rings (SSSR count). The van der Waals surface area contributed by atoms with Gasteiger partial charge < -0.3 is 15.1 Å². The summed E-state index contributed by atoms with van der Waals surface area (Å²) in [5.74, 6) is 1.86. The molecule has 2 saturated heterocycles. The number of nitrogens with zero attached hydrogens (tertiary/aromatic N) is 1. The van der Waals surface area contributed by atoms with Crippen LogP contribution in [0.3, 0.4) is 0 Å². The smallest absolute Gasteiger partial charge is 0.232 e. The molecule has 2 aliphatic heterocycles. The second-order valence-corrected chi connectivity index (χ2v) is 13.2. The molecule has 4 heteroatoms. The molecule has 1 amide bonds. The van der Waals surface area contributed by atoms with Crippen LogP contribution in [0.4, 0.5) is 0 Å². The Hall–Kier alpha value is -2.17. The van der Waals surface area contributed by atoms with Crippen molar-refractivity contribution in [1.82, 2.24) is 4.90 Å². The van der Waals surface area contributed by atoms with Crippen LogP contribution in [-0.4, -0.2) is 50.6 Å². The predicted octanol–water partition coefficient (Wildman–Crippen LogP) is 3.45. The maximum absolute atomic E-state index is 14.7. The Labute approximate surface area is 230 Å². The van der Waals surface area contributed by atoms with Crippen LogP contribution in [0.1, 0.15) is 86.0 Å². The van der Waals surface area contributed by atoms with Crippen molar-refractivity contribution < 1.29 is 15.0 Å². The van der Waals surface area contributed by atoms with Gasteiger partial charge in [-0.05, 0) is 73.5 Å². The first-order valence-corrected chi connectivity index (χ1v) is 15.6. The maximum Gasteiger partial charge on any atom is 0.232 e. The molecule has 4 aliphatic rings. The summed E-state index contributed by atoms with van der Waals surface area (Å²) in [6.45, 7) is 4.03. The SMILES string of the molecule is C[NH+](C)Cc1cccc2c1CCC[C@]21C[NH2+]C[C@H]1C(=O)N1CC[C@@H](c2ccccc2)C[C@H]1C1CCCCC1. The fourth-order valence-corrected chi connectivity index (χ4v) is 8.91. The lowest BCUT2D eigenvalue weighted by Crippen LogP contribution is -3.04. The minimum Gasteiger partial charge on any atom is -0.345 e. The molecule has 0 radical (unpaired) electrons. The van der Waals surface area contributed by atoms with Gasteiger partial charge in [0.05, 0.1) is 32.6 Å². The number of nitrogens with one attached hydrogen (secondary N) is 1. The molecule has 1 spiro atoms. The Morgan fingerprint density at radius 3 is 2.61 bits per heavy atom. The third kappa shape index (κ3) is 4.84. The Bertz CT molecular complexity index is 1110. The fraction of sp³-hybridized carbons (Fsp3) is 0.618. The van der Waals surface area contributed by atoms with Crippen LogP contribution in [-0.2, 0) is 23.2 Å². The van der Waals surface area contributed by atoms with E-state index in [4.69, 9.17) is 0 Å². The van der Waals surface area contributed by atoms with Crippen LogP contribution in [0, 0.1) is 11.8 Å². The minimum absolute atomic E-state index is 0.00964. The second-order valence-electron chi connectivity index (χ2n) is 13.2. The molecule has 0 bridgehead atoms. The Morgan fingerprint density at radius 2 is 1.82 bits per heavy atom. The first-order chi connectivity index (χ1) is 18.6. The number of rotatable bonds is 5. The highest BCUT2D eigenvalue weighted by atomic mass is 16.2. The molecule has 38 heavy (non-hydrogen) atoms. The number of carbonyl (C=O) groups is 1. The average Bonchev–Trinajstić information content (AvgIpc) is 3.37. The zero-order valence-corrected chi connectivity index (χ0v) is 23.8. The van der Waals surface area contributed by atoms with Crippen molar-refractivity contribution in [3.8, 4) is 0 Å². The van der Waals surface area contributed by atoms with E-state index in [-0.39, 0.29) is 11.3 Å². The first-order valence-electron chi connectivity index (χ1n) is 15.6. The number of benzene rings is 2. The molecule has 4 nitrogen and oxygen atoms in total. The molecule has 4 atom stereocenters. The third-order valence-corrected chi connectivity index (χ3v) is 10.7. The minimum atomic E-state index is 0.00964. The number of hydrogen-bond acceptors (Lipinski definition) is 1. The van der Waals surface area contributed by atoms with Gasteiger partial charge in [-0.2, -0.15) is 0 Å². The zero-order valence-electron chi connectivity index (χ0n) is 23.8. The summed E-state index contributed by atoms with van der Waals surface area (Å²) >= 11 is 0. The van der Waals surface area contributed by atoms with Crippen LogP contribution < -0.4 is 10.2 Å². The molecule has 2 aliphatic carbocycles. The molecule has 3 fully saturated rings. The van der Waals surface area contributed by atoms with E-state index in [0.717, 1.165) is 39.0 Å². The van der Waals surface area contributed by atoms with Gasteiger partial charge in [0.1, 0.15) is 12.5 Å². The topological polar surface area (TPSA) is 41.4 Å². The average molecular weight is 516 g/mol. The van der Waals surface area contributed by atoms with E-state index in [1.807, 2.05) is 0 Å². The van der Waals surface area contributed by atoms with Crippen molar-refractivity contribution >= 4 is 5.91 Å². The first kappa shape index (κ1) is 26.1. The molecule has 1 saturated carbocycles. The van der Waals surface area contributed by atoms with E-state index in [2.05, 4.69) is 72.8 Å². The monoisotopic (exact) mass is 515 g/mol. The number of amides is 1. The Kier molecular flexibility index (Phi) is 7.64. The van der Waals surface area contributed by atoms with E-state index in [0.29, 0.717) is 23.8 Å². The molecule has 3 N–H and O–H groups in total. The van der Waals surface area contributed by atoms with Gasteiger partial charge in [0.2, 0.25) is 5.91 Å². The predicted molar refractivity (Wildman–Crippen MR) is 153 cm³/mol. The van der Waals surface area contributed by atoms with E-state index in [1.165, 1.54) is 73.0 Å². The lowest BCUT2D eigenvalue weighted by molar-refractivity contribution is -0.872. The highest BCUT2D eigenvalue weighted by Crippen LogP contribution is 2.47. The molecule has 2 heterocycles. The Morgan fingerprint density at radius 1 is 1.00 bits per heavy atom. The van der Waals surface area contributed by atoms with Crippen molar-refractivity contribution in [2.75, 3.05) is 33.7 Å². The van der Waals surface area contributed by atoms with Gasteiger partial charge in [-0.3, -0.25) is 4.79 Å². The van der Waals surface area contributed by atoms with Crippen LogP contribution in [0.2, 0.25) is 0 Å². The van der Waals surface area contributed by atoms with E-state index < -0.39 is 0 Å². The zero-order chi connectivity index (χ0) is 26.1. The van der Waals surface area contributed by atoms with Gasteiger partial charge in [0, 0.05) is 18.2 Å².